The number of benzene rings is 1. The first kappa shape index (κ1) is 11.8. The van der Waals surface area contributed by atoms with Crippen molar-refractivity contribution in [3.05, 3.63) is 35.8 Å². The van der Waals surface area contributed by atoms with Crippen LogP contribution in [0.4, 0.5) is 5.69 Å². The van der Waals surface area contributed by atoms with Gasteiger partial charge in [0, 0.05) is 22.8 Å². The van der Waals surface area contributed by atoms with E-state index >= 15 is 0 Å². The third-order valence-corrected chi connectivity index (χ3v) is 3.07. The molecule has 0 bridgehead atoms. The Morgan fingerprint density at radius 2 is 2.12 bits per heavy atom. The van der Waals surface area contributed by atoms with Gasteiger partial charge in [-0.15, -0.1) is 11.3 Å². The van der Waals surface area contributed by atoms with Gasteiger partial charge < -0.3 is 11.1 Å². The molecule has 0 unspecified atom stereocenters. The quantitative estimate of drug-likeness (QED) is 0.872. The van der Waals surface area contributed by atoms with Crippen molar-refractivity contribution in [2.45, 2.75) is 13.0 Å². The van der Waals surface area contributed by atoms with E-state index in [9.17, 15) is 4.79 Å². The summed E-state index contributed by atoms with van der Waals surface area (Å²) in [7, 11) is 0. The molecular weight excluding hydrogens is 234 g/mol. The second-order valence-electron chi connectivity index (χ2n) is 3.69. The second kappa shape index (κ2) is 5.07. The molecule has 0 aliphatic carbocycles. The van der Waals surface area contributed by atoms with Gasteiger partial charge in [0.25, 0.3) is 0 Å². The Morgan fingerprint density at radius 3 is 2.65 bits per heavy atom. The van der Waals surface area contributed by atoms with Crippen molar-refractivity contribution in [1.29, 1.82) is 0 Å². The fourth-order valence-electron chi connectivity index (χ4n) is 1.32. The zero-order valence-corrected chi connectivity index (χ0v) is 10.2. The van der Waals surface area contributed by atoms with Crippen LogP contribution in [0.1, 0.15) is 6.92 Å². The number of nitrogens with two attached hydrogens (primary N) is 1. The summed E-state index contributed by atoms with van der Waals surface area (Å²) < 4.78 is 0. The Balaban J connectivity index is 2.11. The minimum Gasteiger partial charge on any atom is -0.325 e. The number of nitrogens with one attached hydrogen (secondary N) is 1. The molecule has 3 N–H and O–H groups in total. The average molecular weight is 247 g/mol. The summed E-state index contributed by atoms with van der Waals surface area (Å²) in [5, 5.41) is 5.63. The topological polar surface area (TPSA) is 68.0 Å². The first-order valence-electron chi connectivity index (χ1n) is 5.23. The van der Waals surface area contributed by atoms with Crippen molar-refractivity contribution in [3.8, 4) is 10.6 Å². The van der Waals surface area contributed by atoms with Gasteiger partial charge in [0.2, 0.25) is 5.91 Å². The van der Waals surface area contributed by atoms with Crippen molar-refractivity contribution in [1.82, 2.24) is 4.98 Å². The first-order chi connectivity index (χ1) is 8.16. The van der Waals surface area contributed by atoms with Gasteiger partial charge in [-0.3, -0.25) is 4.79 Å². The molecule has 0 saturated heterocycles. The van der Waals surface area contributed by atoms with Gasteiger partial charge in [0.1, 0.15) is 5.01 Å². The zero-order valence-electron chi connectivity index (χ0n) is 9.38. The summed E-state index contributed by atoms with van der Waals surface area (Å²) >= 11 is 1.58. The van der Waals surface area contributed by atoms with Gasteiger partial charge in [-0.1, -0.05) is 0 Å². The molecule has 4 nitrogen and oxygen atoms in total. The largest absolute Gasteiger partial charge is 0.325 e. The van der Waals surface area contributed by atoms with Gasteiger partial charge >= 0.3 is 0 Å². The van der Waals surface area contributed by atoms with Crippen molar-refractivity contribution >= 4 is 22.9 Å². The number of hydrogen-bond acceptors (Lipinski definition) is 4. The van der Waals surface area contributed by atoms with Crippen LogP contribution < -0.4 is 11.1 Å². The number of amides is 1. The monoisotopic (exact) mass is 247 g/mol. The molecule has 1 heterocycles. The van der Waals surface area contributed by atoms with Crippen LogP contribution in [0.25, 0.3) is 10.6 Å². The Bertz CT molecular complexity index is 491. The Morgan fingerprint density at radius 1 is 1.41 bits per heavy atom. The molecule has 0 aliphatic heterocycles. The Hall–Kier alpha value is -1.72. The number of thiazole rings is 1. The van der Waals surface area contributed by atoms with Gasteiger partial charge in [0.15, 0.2) is 0 Å². The van der Waals surface area contributed by atoms with E-state index in [4.69, 9.17) is 5.73 Å². The normalized spacial score (nSPS) is 12.1. The van der Waals surface area contributed by atoms with Crippen molar-refractivity contribution in [3.63, 3.8) is 0 Å². The van der Waals surface area contributed by atoms with Gasteiger partial charge in [-0.05, 0) is 31.2 Å². The lowest BCUT2D eigenvalue weighted by atomic mass is 10.2. The van der Waals surface area contributed by atoms with E-state index in [-0.39, 0.29) is 5.91 Å². The summed E-state index contributed by atoms with van der Waals surface area (Å²) in [6.07, 6.45) is 1.77. The van der Waals surface area contributed by atoms with E-state index in [1.54, 1.807) is 24.5 Å². The molecule has 2 aromatic rings. The number of carbonyl (C=O) groups excluding carboxylic acids is 1. The van der Waals surface area contributed by atoms with Crippen molar-refractivity contribution in [2.75, 3.05) is 5.32 Å². The number of anilines is 1. The van der Waals surface area contributed by atoms with Crippen LogP contribution in [0.3, 0.4) is 0 Å². The van der Waals surface area contributed by atoms with E-state index in [0.717, 1.165) is 16.3 Å². The van der Waals surface area contributed by atoms with E-state index in [1.165, 1.54) is 0 Å². The summed E-state index contributed by atoms with van der Waals surface area (Å²) in [4.78, 5) is 15.6. The Kier molecular flexibility index (Phi) is 3.51. The lowest BCUT2D eigenvalue weighted by molar-refractivity contribution is -0.117. The number of carbonyl (C=O) groups is 1. The maximum Gasteiger partial charge on any atom is 0.240 e. The standard InChI is InChI=1S/C12H13N3OS/c1-8(13)11(16)15-10-4-2-9(3-5-10)12-14-6-7-17-12/h2-8H,13H2,1H3,(H,15,16)/t8-/m0/s1. The molecule has 0 spiro atoms. The van der Waals surface area contributed by atoms with E-state index in [1.807, 2.05) is 29.6 Å². The third kappa shape index (κ3) is 2.89. The summed E-state index contributed by atoms with van der Waals surface area (Å²) in [6, 6.07) is 7.04. The number of hydrogen-bond donors (Lipinski definition) is 2. The first-order valence-corrected chi connectivity index (χ1v) is 6.11. The van der Waals surface area contributed by atoms with Gasteiger partial charge in [0.05, 0.1) is 6.04 Å². The van der Waals surface area contributed by atoms with Crippen LogP contribution in [0, 0.1) is 0 Å². The molecule has 88 valence electrons. The lowest BCUT2D eigenvalue weighted by Gasteiger charge is -2.07. The highest BCUT2D eigenvalue weighted by Gasteiger charge is 2.07. The highest BCUT2D eigenvalue weighted by molar-refractivity contribution is 7.13. The molecule has 5 heteroatoms. The van der Waals surface area contributed by atoms with Gasteiger partial charge in [-0.25, -0.2) is 4.98 Å². The van der Waals surface area contributed by atoms with Crippen LogP contribution in [-0.4, -0.2) is 16.9 Å². The zero-order chi connectivity index (χ0) is 12.3. The van der Waals surface area contributed by atoms with Crippen LogP contribution in [0.15, 0.2) is 35.8 Å². The maximum atomic E-state index is 11.4. The predicted molar refractivity (Wildman–Crippen MR) is 69.8 cm³/mol. The van der Waals surface area contributed by atoms with E-state index < -0.39 is 6.04 Å². The fraction of sp³-hybridized carbons (Fsp3) is 0.167. The molecule has 2 rings (SSSR count). The molecule has 0 fully saturated rings. The molecule has 1 amide bonds. The lowest BCUT2D eigenvalue weighted by Crippen LogP contribution is -2.32. The smallest absolute Gasteiger partial charge is 0.240 e. The van der Waals surface area contributed by atoms with Gasteiger partial charge in [-0.2, -0.15) is 0 Å². The molecule has 0 aliphatic rings. The number of aromatic nitrogens is 1. The van der Waals surface area contributed by atoms with Crippen molar-refractivity contribution < 1.29 is 4.79 Å². The molecule has 0 radical (unpaired) electrons. The second-order valence-corrected chi connectivity index (χ2v) is 4.59. The van der Waals surface area contributed by atoms with E-state index in [2.05, 4.69) is 10.3 Å². The molecule has 17 heavy (non-hydrogen) atoms. The predicted octanol–water partition coefficient (Wildman–Crippen LogP) is 2.10. The number of nitrogens with zero attached hydrogens (tertiary/aromatic N) is 1. The maximum absolute atomic E-state index is 11.4. The highest BCUT2D eigenvalue weighted by atomic mass is 32.1. The highest BCUT2D eigenvalue weighted by Crippen LogP contribution is 2.23. The summed E-state index contributed by atoms with van der Waals surface area (Å²) in [6.45, 7) is 1.65. The summed E-state index contributed by atoms with van der Waals surface area (Å²) in [5.74, 6) is -0.188. The minimum atomic E-state index is -0.506. The molecular formula is C12H13N3OS. The van der Waals surface area contributed by atoms with E-state index in [0.29, 0.717) is 0 Å². The fourth-order valence-corrected chi connectivity index (χ4v) is 1.96. The molecule has 1 aromatic carbocycles. The Labute approximate surface area is 103 Å². The average Bonchev–Trinajstić information content (AvgIpc) is 2.83. The molecule has 1 aromatic heterocycles. The summed E-state index contributed by atoms with van der Waals surface area (Å²) in [5.41, 5.74) is 7.25. The van der Waals surface area contributed by atoms with Crippen molar-refractivity contribution in [2.24, 2.45) is 5.73 Å². The van der Waals surface area contributed by atoms with Crippen LogP contribution in [0.5, 0.6) is 0 Å². The van der Waals surface area contributed by atoms with Crippen LogP contribution >= 0.6 is 11.3 Å². The SMILES string of the molecule is C[C@H](N)C(=O)Nc1ccc(-c2nccs2)cc1. The third-order valence-electron chi connectivity index (χ3n) is 2.25. The van der Waals surface area contributed by atoms with Crippen LogP contribution in [-0.2, 0) is 4.79 Å². The van der Waals surface area contributed by atoms with Crippen LogP contribution in [0.2, 0.25) is 0 Å². The molecule has 0 saturated carbocycles. The molecule has 1 atom stereocenters. The minimum absolute atomic E-state index is 0.188. The number of rotatable bonds is 3.